The van der Waals surface area contributed by atoms with E-state index in [2.05, 4.69) is 5.32 Å². The molecule has 1 unspecified atom stereocenters. The molecule has 36 heavy (non-hydrogen) atoms. The summed E-state index contributed by atoms with van der Waals surface area (Å²) in [5.74, 6) is 0.588. The summed E-state index contributed by atoms with van der Waals surface area (Å²) in [7, 11) is 2.84. The number of ether oxygens (including phenoxy) is 2. The van der Waals surface area contributed by atoms with Crippen molar-refractivity contribution in [1.82, 2.24) is 9.13 Å². The number of benzene rings is 2. The summed E-state index contributed by atoms with van der Waals surface area (Å²) < 4.78 is 13.4. The van der Waals surface area contributed by atoms with E-state index in [1.807, 2.05) is 13.8 Å². The van der Waals surface area contributed by atoms with Gasteiger partial charge in [0.2, 0.25) is 0 Å². The van der Waals surface area contributed by atoms with Gasteiger partial charge in [-0.15, -0.1) is 0 Å². The third-order valence-electron chi connectivity index (χ3n) is 7.06. The second kappa shape index (κ2) is 8.78. The topological polar surface area (TPSA) is 138 Å². The van der Waals surface area contributed by atoms with Crippen LogP contribution in [0.1, 0.15) is 35.6 Å². The highest BCUT2D eigenvalue weighted by Gasteiger charge is 2.41. The van der Waals surface area contributed by atoms with Crippen LogP contribution in [0.25, 0.3) is 5.69 Å². The molecule has 0 aliphatic carbocycles. The van der Waals surface area contributed by atoms with Crippen LogP contribution in [0.5, 0.6) is 17.2 Å². The second-order valence-corrected chi connectivity index (χ2v) is 9.26. The van der Waals surface area contributed by atoms with Crippen molar-refractivity contribution in [3.05, 3.63) is 67.4 Å². The van der Waals surface area contributed by atoms with E-state index < -0.39 is 22.8 Å². The van der Waals surface area contributed by atoms with E-state index >= 15 is 0 Å². The van der Waals surface area contributed by atoms with Gasteiger partial charge >= 0.3 is 5.69 Å². The number of nitrogens with two attached hydrogens (primary N) is 1. The summed E-state index contributed by atoms with van der Waals surface area (Å²) in [4.78, 5) is 39.3. The van der Waals surface area contributed by atoms with Crippen LogP contribution in [0.2, 0.25) is 0 Å². The first kappa shape index (κ1) is 24.9. The van der Waals surface area contributed by atoms with E-state index in [4.69, 9.17) is 15.2 Å². The van der Waals surface area contributed by atoms with Crippen LogP contribution in [0.3, 0.4) is 0 Å². The van der Waals surface area contributed by atoms with Gasteiger partial charge in [-0.2, -0.15) is 0 Å². The number of nitrogens with zero attached hydrogens (tertiary/aromatic N) is 2. The SMILES string of the molecule is COc1ccc(-n2c(N)c(NC(=O)C3(C)CCc4c(C)c(O)c(C)c(C)c4O3)c(=O)n(C)c2=O)cc1. The highest BCUT2D eigenvalue weighted by Crippen LogP contribution is 2.43. The molecule has 3 aromatic rings. The molecule has 10 nitrogen and oxygen atoms in total. The van der Waals surface area contributed by atoms with Gasteiger partial charge in [0.25, 0.3) is 11.5 Å². The highest BCUT2D eigenvalue weighted by molar-refractivity contribution is 5.99. The number of nitrogens with one attached hydrogen (secondary N) is 1. The summed E-state index contributed by atoms with van der Waals surface area (Å²) in [5.41, 5.74) is 6.75. The zero-order valence-corrected chi connectivity index (χ0v) is 21.2. The number of amides is 1. The van der Waals surface area contributed by atoms with Gasteiger partial charge in [0.05, 0.1) is 12.8 Å². The minimum absolute atomic E-state index is 0.200. The Morgan fingerprint density at radius 3 is 2.39 bits per heavy atom. The Morgan fingerprint density at radius 1 is 1.14 bits per heavy atom. The van der Waals surface area contributed by atoms with Crippen molar-refractivity contribution in [3.63, 3.8) is 0 Å². The number of phenols is 1. The number of aromatic hydroxyl groups is 1. The number of carbonyl (C=O) groups is 1. The summed E-state index contributed by atoms with van der Waals surface area (Å²) >= 11 is 0. The summed E-state index contributed by atoms with van der Waals surface area (Å²) in [6, 6.07) is 6.56. The number of methoxy groups -OCH3 is 1. The minimum atomic E-state index is -1.31. The van der Waals surface area contributed by atoms with E-state index in [1.165, 1.54) is 14.2 Å². The standard InChI is InChI=1S/C26H30N4O6/c1-13-14(2)21-18(15(3)20(13)31)11-12-26(4,36-21)24(33)28-19-22(27)30(25(34)29(5)23(19)32)16-7-9-17(35-6)10-8-16/h7-10,31H,11-12,27H2,1-6H3,(H,28,33). The Balaban J connectivity index is 1.74. The molecular formula is C26H30N4O6. The molecular weight excluding hydrogens is 464 g/mol. The lowest BCUT2D eigenvalue weighted by atomic mass is 9.86. The summed E-state index contributed by atoms with van der Waals surface area (Å²) in [6.45, 7) is 7.08. The van der Waals surface area contributed by atoms with Crippen molar-refractivity contribution in [2.75, 3.05) is 18.2 Å². The molecule has 2 heterocycles. The maximum atomic E-state index is 13.5. The van der Waals surface area contributed by atoms with Crippen LogP contribution >= 0.6 is 0 Å². The van der Waals surface area contributed by atoms with Gasteiger partial charge < -0.3 is 25.6 Å². The molecule has 10 heteroatoms. The smallest absolute Gasteiger partial charge is 0.337 e. The Bertz CT molecular complexity index is 1500. The summed E-state index contributed by atoms with van der Waals surface area (Å²) in [6.07, 6.45) is 0.811. The van der Waals surface area contributed by atoms with Crippen LogP contribution in [0.15, 0.2) is 33.9 Å². The third-order valence-corrected chi connectivity index (χ3v) is 7.06. The maximum Gasteiger partial charge on any atom is 0.337 e. The van der Waals surface area contributed by atoms with Gasteiger partial charge in [-0.1, -0.05) is 0 Å². The number of fused-ring (bicyclic) bond motifs is 1. The average Bonchev–Trinajstić information content (AvgIpc) is 2.87. The molecule has 190 valence electrons. The van der Waals surface area contributed by atoms with Gasteiger partial charge in [0, 0.05) is 19.0 Å². The normalized spacial score (nSPS) is 16.7. The monoisotopic (exact) mass is 494 g/mol. The molecule has 0 radical (unpaired) electrons. The van der Waals surface area contributed by atoms with Crippen molar-refractivity contribution in [3.8, 4) is 22.9 Å². The fraction of sp³-hybridized carbons (Fsp3) is 0.346. The molecule has 0 saturated carbocycles. The number of carbonyl (C=O) groups excluding carboxylic acids is 1. The molecule has 1 aliphatic rings. The summed E-state index contributed by atoms with van der Waals surface area (Å²) in [5, 5.41) is 13.0. The Hall–Kier alpha value is -4.21. The lowest BCUT2D eigenvalue weighted by Gasteiger charge is -2.36. The lowest BCUT2D eigenvalue weighted by Crippen LogP contribution is -2.50. The Kier molecular flexibility index (Phi) is 6.07. The first-order valence-electron chi connectivity index (χ1n) is 11.5. The zero-order chi connectivity index (χ0) is 26.5. The fourth-order valence-corrected chi connectivity index (χ4v) is 4.48. The molecule has 0 saturated heterocycles. The van der Waals surface area contributed by atoms with Crippen molar-refractivity contribution in [2.45, 2.75) is 46.1 Å². The largest absolute Gasteiger partial charge is 0.507 e. The molecule has 1 aromatic heterocycles. The third kappa shape index (κ3) is 3.78. The number of rotatable bonds is 4. The number of phenolic OH excluding ortho intramolecular Hbond substituents is 1. The molecule has 0 bridgehead atoms. The van der Waals surface area contributed by atoms with Crippen molar-refractivity contribution >= 4 is 17.4 Å². The minimum Gasteiger partial charge on any atom is -0.507 e. The van der Waals surface area contributed by atoms with Gasteiger partial charge in [-0.25, -0.2) is 9.36 Å². The van der Waals surface area contributed by atoms with Crippen molar-refractivity contribution in [2.24, 2.45) is 7.05 Å². The molecule has 1 aliphatic heterocycles. The molecule has 1 atom stereocenters. The quantitative estimate of drug-likeness (QED) is 0.507. The van der Waals surface area contributed by atoms with E-state index in [9.17, 15) is 19.5 Å². The van der Waals surface area contributed by atoms with Gasteiger partial charge in [-0.05, 0) is 75.1 Å². The molecule has 4 rings (SSSR count). The predicted octanol–water partition coefficient (Wildman–Crippen LogP) is 2.48. The van der Waals surface area contributed by atoms with Crippen molar-refractivity contribution < 1.29 is 19.4 Å². The molecule has 0 fully saturated rings. The number of hydrogen-bond donors (Lipinski definition) is 3. The Labute approximate surface area is 207 Å². The fourth-order valence-electron chi connectivity index (χ4n) is 4.48. The molecule has 1 amide bonds. The lowest BCUT2D eigenvalue weighted by molar-refractivity contribution is -0.131. The number of nitrogen functional groups attached to an aromatic ring is 1. The van der Waals surface area contributed by atoms with Gasteiger partial charge in [-0.3, -0.25) is 14.2 Å². The number of aromatic nitrogens is 2. The van der Waals surface area contributed by atoms with Gasteiger partial charge in [0.1, 0.15) is 28.8 Å². The average molecular weight is 495 g/mol. The van der Waals surface area contributed by atoms with Crippen LogP contribution in [0.4, 0.5) is 11.5 Å². The van der Waals surface area contributed by atoms with Crippen LogP contribution in [-0.2, 0) is 18.3 Å². The predicted molar refractivity (Wildman–Crippen MR) is 137 cm³/mol. The van der Waals surface area contributed by atoms with Crippen LogP contribution in [0, 0.1) is 20.8 Å². The van der Waals surface area contributed by atoms with Crippen LogP contribution in [-0.4, -0.2) is 32.9 Å². The second-order valence-electron chi connectivity index (χ2n) is 9.26. The van der Waals surface area contributed by atoms with E-state index in [1.54, 1.807) is 38.1 Å². The van der Waals surface area contributed by atoms with E-state index in [0.717, 1.165) is 25.8 Å². The Morgan fingerprint density at radius 2 is 1.78 bits per heavy atom. The maximum absolute atomic E-state index is 13.5. The first-order valence-corrected chi connectivity index (χ1v) is 11.5. The van der Waals surface area contributed by atoms with Gasteiger partial charge in [0.15, 0.2) is 5.60 Å². The number of anilines is 2. The molecule has 0 spiro atoms. The first-order chi connectivity index (χ1) is 16.9. The van der Waals surface area contributed by atoms with E-state index in [-0.39, 0.29) is 17.3 Å². The van der Waals surface area contributed by atoms with E-state index in [0.29, 0.717) is 35.6 Å². The van der Waals surface area contributed by atoms with Crippen LogP contribution < -0.4 is 31.8 Å². The molecule has 4 N–H and O–H groups in total. The highest BCUT2D eigenvalue weighted by atomic mass is 16.5. The number of hydrogen-bond acceptors (Lipinski definition) is 7. The van der Waals surface area contributed by atoms with Crippen molar-refractivity contribution in [1.29, 1.82) is 0 Å². The zero-order valence-electron chi connectivity index (χ0n) is 21.2. The molecule has 2 aromatic carbocycles.